The number of fused-ring (bicyclic) bond motifs is 1. The van der Waals surface area contributed by atoms with Gasteiger partial charge in [-0.15, -0.1) is 11.3 Å². The first kappa shape index (κ1) is 14.1. The SMILES string of the molecule is Cc1sc2c(=O)n(C(C)C)c(=O)n(C(C)C)c2c1C. The molecule has 2 aromatic heterocycles. The summed E-state index contributed by atoms with van der Waals surface area (Å²) in [5.74, 6) is 0. The van der Waals surface area contributed by atoms with Crippen molar-refractivity contribution in [2.75, 3.05) is 0 Å². The van der Waals surface area contributed by atoms with E-state index < -0.39 is 0 Å². The van der Waals surface area contributed by atoms with E-state index in [1.807, 2.05) is 41.5 Å². The molecule has 4 nitrogen and oxygen atoms in total. The van der Waals surface area contributed by atoms with Crippen LogP contribution in [-0.4, -0.2) is 9.13 Å². The first-order valence-corrected chi connectivity index (χ1v) is 7.35. The summed E-state index contributed by atoms with van der Waals surface area (Å²) in [6, 6.07) is -0.0922. The third kappa shape index (κ3) is 1.96. The summed E-state index contributed by atoms with van der Waals surface area (Å²) >= 11 is 1.48. The van der Waals surface area contributed by atoms with Crippen LogP contribution in [0.1, 0.15) is 50.2 Å². The molecule has 0 spiro atoms. The van der Waals surface area contributed by atoms with Crippen LogP contribution in [0.2, 0.25) is 0 Å². The highest BCUT2D eigenvalue weighted by Crippen LogP contribution is 2.28. The highest BCUT2D eigenvalue weighted by atomic mass is 32.1. The van der Waals surface area contributed by atoms with Gasteiger partial charge >= 0.3 is 5.69 Å². The number of hydrogen-bond donors (Lipinski definition) is 0. The van der Waals surface area contributed by atoms with Crippen LogP contribution in [0.15, 0.2) is 9.59 Å². The van der Waals surface area contributed by atoms with Gasteiger partial charge in [-0.1, -0.05) is 0 Å². The van der Waals surface area contributed by atoms with Gasteiger partial charge in [0.25, 0.3) is 5.56 Å². The number of aryl methyl sites for hydroxylation is 2. The third-order valence-electron chi connectivity index (χ3n) is 3.45. The molecule has 2 rings (SSSR count). The van der Waals surface area contributed by atoms with Crippen LogP contribution in [0.4, 0.5) is 0 Å². The van der Waals surface area contributed by atoms with E-state index in [1.165, 1.54) is 15.9 Å². The maximum atomic E-state index is 12.6. The number of hydrogen-bond acceptors (Lipinski definition) is 3. The van der Waals surface area contributed by atoms with Gasteiger partial charge in [-0.25, -0.2) is 4.79 Å². The standard InChI is InChI=1S/C14H20N2O2S/c1-7(2)15-11-9(5)10(6)19-12(11)13(17)16(8(3)4)14(15)18/h7-8H,1-6H3. The second-order valence-electron chi connectivity index (χ2n) is 5.48. The normalized spacial score (nSPS) is 12.0. The first-order valence-electron chi connectivity index (χ1n) is 6.54. The van der Waals surface area contributed by atoms with Crippen LogP contribution in [0.5, 0.6) is 0 Å². The van der Waals surface area contributed by atoms with E-state index in [0.717, 1.165) is 16.0 Å². The Morgan fingerprint density at radius 2 is 1.47 bits per heavy atom. The first-order chi connectivity index (χ1) is 8.77. The van der Waals surface area contributed by atoms with Gasteiger partial charge in [-0.3, -0.25) is 13.9 Å². The van der Waals surface area contributed by atoms with Crippen molar-refractivity contribution in [1.82, 2.24) is 9.13 Å². The zero-order chi connectivity index (χ0) is 14.5. The number of rotatable bonds is 2. The maximum Gasteiger partial charge on any atom is 0.332 e. The van der Waals surface area contributed by atoms with Crippen molar-refractivity contribution in [3.63, 3.8) is 0 Å². The van der Waals surface area contributed by atoms with E-state index >= 15 is 0 Å². The molecule has 0 fully saturated rings. The zero-order valence-electron chi connectivity index (χ0n) is 12.3. The Morgan fingerprint density at radius 3 is 1.95 bits per heavy atom. The molecule has 0 saturated heterocycles. The molecule has 2 aromatic rings. The monoisotopic (exact) mass is 280 g/mol. The molecule has 0 bridgehead atoms. The second-order valence-corrected chi connectivity index (χ2v) is 6.70. The molecule has 2 heterocycles. The lowest BCUT2D eigenvalue weighted by Gasteiger charge is -2.17. The minimum absolute atomic E-state index is 0.0355. The van der Waals surface area contributed by atoms with E-state index in [0.29, 0.717) is 4.70 Å². The van der Waals surface area contributed by atoms with Crippen molar-refractivity contribution in [3.05, 3.63) is 31.3 Å². The Labute approximate surface area is 116 Å². The summed E-state index contributed by atoms with van der Waals surface area (Å²) in [4.78, 5) is 26.2. The van der Waals surface area contributed by atoms with Gasteiger partial charge in [-0.2, -0.15) is 0 Å². The van der Waals surface area contributed by atoms with Crippen molar-refractivity contribution in [3.8, 4) is 0 Å². The lowest BCUT2D eigenvalue weighted by Crippen LogP contribution is -2.41. The van der Waals surface area contributed by atoms with Crippen LogP contribution < -0.4 is 11.2 Å². The number of nitrogens with zero attached hydrogens (tertiary/aromatic N) is 2. The van der Waals surface area contributed by atoms with Crippen molar-refractivity contribution < 1.29 is 0 Å². The van der Waals surface area contributed by atoms with Gasteiger partial charge in [0, 0.05) is 17.0 Å². The van der Waals surface area contributed by atoms with E-state index in [2.05, 4.69) is 0 Å². The van der Waals surface area contributed by atoms with E-state index in [-0.39, 0.29) is 23.3 Å². The van der Waals surface area contributed by atoms with Crippen molar-refractivity contribution in [2.24, 2.45) is 0 Å². The molecular formula is C14H20N2O2S. The quantitative estimate of drug-likeness (QED) is 0.848. The average Bonchev–Trinajstić information content (AvgIpc) is 2.56. The molecule has 0 amide bonds. The maximum absolute atomic E-state index is 12.6. The smallest absolute Gasteiger partial charge is 0.290 e. The summed E-state index contributed by atoms with van der Waals surface area (Å²) in [7, 11) is 0. The van der Waals surface area contributed by atoms with E-state index in [4.69, 9.17) is 0 Å². The van der Waals surface area contributed by atoms with Crippen molar-refractivity contribution >= 4 is 21.6 Å². The van der Waals surface area contributed by atoms with Crippen molar-refractivity contribution in [1.29, 1.82) is 0 Å². The molecule has 0 atom stereocenters. The Bertz CT molecular complexity index is 747. The van der Waals surface area contributed by atoms with Gasteiger partial charge in [-0.05, 0) is 47.1 Å². The van der Waals surface area contributed by atoms with Gasteiger partial charge in [0.1, 0.15) is 4.70 Å². The predicted molar refractivity (Wildman–Crippen MR) is 80.6 cm³/mol. The fourth-order valence-electron chi connectivity index (χ4n) is 2.39. The second kappa shape index (κ2) is 4.63. The number of aromatic nitrogens is 2. The topological polar surface area (TPSA) is 44.0 Å². The molecular weight excluding hydrogens is 260 g/mol. The van der Waals surface area contributed by atoms with Gasteiger partial charge in [0.05, 0.1) is 5.52 Å². The summed E-state index contributed by atoms with van der Waals surface area (Å²) in [6.45, 7) is 11.7. The summed E-state index contributed by atoms with van der Waals surface area (Å²) < 4.78 is 3.80. The molecule has 0 aromatic carbocycles. The Hall–Kier alpha value is -1.36. The minimum Gasteiger partial charge on any atom is -0.290 e. The lowest BCUT2D eigenvalue weighted by atomic mass is 10.2. The molecule has 0 unspecified atom stereocenters. The summed E-state index contributed by atoms with van der Waals surface area (Å²) in [5.41, 5.74) is 1.49. The Morgan fingerprint density at radius 1 is 0.947 bits per heavy atom. The zero-order valence-corrected chi connectivity index (χ0v) is 13.1. The Balaban J connectivity index is 3.14. The molecule has 0 aliphatic carbocycles. The van der Waals surface area contributed by atoms with Gasteiger partial charge in [0.15, 0.2) is 0 Å². The summed E-state index contributed by atoms with van der Waals surface area (Å²) in [5, 5.41) is 0. The highest BCUT2D eigenvalue weighted by Gasteiger charge is 2.20. The highest BCUT2D eigenvalue weighted by molar-refractivity contribution is 7.19. The molecule has 19 heavy (non-hydrogen) atoms. The fourth-order valence-corrected chi connectivity index (χ4v) is 3.48. The van der Waals surface area contributed by atoms with Crippen LogP contribution >= 0.6 is 11.3 Å². The number of thiophene rings is 1. The van der Waals surface area contributed by atoms with Gasteiger partial charge in [0.2, 0.25) is 0 Å². The average molecular weight is 280 g/mol. The fraction of sp³-hybridized carbons (Fsp3) is 0.571. The van der Waals surface area contributed by atoms with Crippen molar-refractivity contribution in [2.45, 2.75) is 53.6 Å². The van der Waals surface area contributed by atoms with E-state index in [9.17, 15) is 9.59 Å². The molecule has 0 radical (unpaired) electrons. The van der Waals surface area contributed by atoms with Crippen LogP contribution in [0, 0.1) is 13.8 Å². The largest absolute Gasteiger partial charge is 0.332 e. The molecule has 5 heteroatoms. The van der Waals surface area contributed by atoms with E-state index in [1.54, 1.807) is 4.57 Å². The minimum atomic E-state index is -0.205. The Kier molecular flexibility index (Phi) is 3.43. The predicted octanol–water partition coefficient (Wildman–Crippen LogP) is 3.00. The van der Waals surface area contributed by atoms with Crippen LogP contribution in [0.25, 0.3) is 10.2 Å². The molecule has 0 saturated carbocycles. The lowest BCUT2D eigenvalue weighted by molar-refractivity contribution is 0.489. The molecule has 0 N–H and O–H groups in total. The van der Waals surface area contributed by atoms with Crippen LogP contribution in [-0.2, 0) is 0 Å². The molecule has 0 aliphatic rings. The van der Waals surface area contributed by atoms with Crippen LogP contribution in [0.3, 0.4) is 0 Å². The summed E-state index contributed by atoms with van der Waals surface area (Å²) in [6.07, 6.45) is 0. The molecule has 104 valence electrons. The van der Waals surface area contributed by atoms with Gasteiger partial charge < -0.3 is 0 Å². The molecule has 0 aliphatic heterocycles. The third-order valence-corrected chi connectivity index (χ3v) is 4.64.